The third-order valence-corrected chi connectivity index (χ3v) is 11.2. The van der Waals surface area contributed by atoms with E-state index in [1.54, 1.807) is 24.3 Å². The van der Waals surface area contributed by atoms with E-state index in [4.69, 9.17) is 15.0 Å². The van der Waals surface area contributed by atoms with Crippen LogP contribution < -0.4 is 0 Å². The van der Waals surface area contributed by atoms with E-state index in [-0.39, 0.29) is 0 Å². The third-order valence-electron chi connectivity index (χ3n) is 11.2. The van der Waals surface area contributed by atoms with Crippen LogP contribution >= 0.6 is 0 Å². The predicted molar refractivity (Wildman–Crippen MR) is 247 cm³/mol. The first-order valence-corrected chi connectivity index (χ1v) is 20.1. The molecule has 1 heterocycles. The minimum Gasteiger partial charge on any atom is -0.208 e. The van der Waals surface area contributed by atoms with Gasteiger partial charge >= 0.3 is 0 Å². The minimum atomic E-state index is 0.477. The maximum absolute atomic E-state index is 10.2. The van der Waals surface area contributed by atoms with E-state index in [0.717, 1.165) is 61.2 Å². The number of rotatable bonds is 7. The molecule has 0 atom stereocenters. The van der Waals surface area contributed by atoms with E-state index >= 15 is 0 Å². The molecule has 6 heteroatoms. The zero-order chi connectivity index (χ0) is 42.0. The standard InChI is InChI=1S/C56H32N6/c57-33-36-11-15-41(16-12-36)54-60-55(42-17-13-37(34-58)14-18-42)62-56(61-54)49-9-4-6-43(31-49)38-19-21-39(22-20-38)46-24-26-50(35-59)53(32-46)47-8-3-7-44(29-47)45-27-28-52-48(30-45)25-23-40-5-1-2-10-51(40)52/h1-32H. The fourth-order valence-electron chi connectivity index (χ4n) is 7.96. The second kappa shape index (κ2) is 16.0. The summed E-state index contributed by atoms with van der Waals surface area (Å²) >= 11 is 0. The highest BCUT2D eigenvalue weighted by atomic mass is 15.0. The van der Waals surface area contributed by atoms with Crippen molar-refractivity contribution in [3.63, 3.8) is 0 Å². The maximum Gasteiger partial charge on any atom is 0.164 e. The fraction of sp³-hybridized carbons (Fsp3) is 0. The molecule has 0 spiro atoms. The normalized spacial score (nSPS) is 10.9. The fourth-order valence-corrected chi connectivity index (χ4v) is 7.96. The first kappa shape index (κ1) is 37.3. The van der Waals surface area contributed by atoms with Gasteiger partial charge in [-0.3, -0.25) is 0 Å². The minimum absolute atomic E-state index is 0.477. The lowest BCUT2D eigenvalue weighted by Gasteiger charge is -2.12. The molecular formula is C56H32N6. The van der Waals surface area contributed by atoms with Gasteiger partial charge in [0.05, 0.1) is 34.9 Å². The molecule has 9 aromatic carbocycles. The lowest BCUT2D eigenvalue weighted by Crippen LogP contribution is -2.00. The van der Waals surface area contributed by atoms with Crippen LogP contribution in [0.4, 0.5) is 0 Å². The van der Waals surface area contributed by atoms with E-state index in [1.807, 2.05) is 48.5 Å². The molecule has 0 radical (unpaired) electrons. The molecule has 0 aliphatic heterocycles. The van der Waals surface area contributed by atoms with Crippen molar-refractivity contribution in [1.29, 1.82) is 15.8 Å². The highest BCUT2D eigenvalue weighted by Gasteiger charge is 2.15. The molecule has 10 rings (SSSR count). The summed E-state index contributed by atoms with van der Waals surface area (Å²) in [6.45, 7) is 0. The van der Waals surface area contributed by atoms with Crippen LogP contribution in [-0.2, 0) is 0 Å². The molecule has 0 saturated heterocycles. The summed E-state index contributed by atoms with van der Waals surface area (Å²) in [7, 11) is 0. The molecule has 0 N–H and O–H groups in total. The smallest absolute Gasteiger partial charge is 0.164 e. The van der Waals surface area contributed by atoms with Crippen molar-refractivity contribution in [2.75, 3.05) is 0 Å². The van der Waals surface area contributed by atoms with Gasteiger partial charge in [-0.15, -0.1) is 0 Å². The van der Waals surface area contributed by atoms with Crippen molar-refractivity contribution in [3.05, 3.63) is 211 Å². The SMILES string of the molecule is N#Cc1ccc(-c2nc(-c3ccc(C#N)cc3)nc(-c3cccc(-c4ccc(-c5ccc(C#N)c(-c6cccc(-c7ccc8c(ccc9ccccc98)c7)c6)c5)cc4)c3)n2)cc1. The van der Waals surface area contributed by atoms with Gasteiger partial charge in [0.25, 0.3) is 0 Å². The van der Waals surface area contributed by atoms with E-state index < -0.39 is 0 Å². The molecule has 10 aromatic rings. The zero-order valence-electron chi connectivity index (χ0n) is 33.2. The number of hydrogen-bond acceptors (Lipinski definition) is 6. The Morgan fingerprint density at radius 3 is 1.37 bits per heavy atom. The number of benzene rings is 9. The average Bonchev–Trinajstić information content (AvgIpc) is 3.36. The van der Waals surface area contributed by atoms with Gasteiger partial charge in [-0.1, -0.05) is 115 Å². The molecule has 0 saturated carbocycles. The van der Waals surface area contributed by atoms with Gasteiger partial charge in [-0.2, -0.15) is 15.8 Å². The average molecular weight is 789 g/mol. The second-order valence-corrected chi connectivity index (χ2v) is 15.0. The summed E-state index contributed by atoms with van der Waals surface area (Å²) in [5.41, 5.74) is 12.2. The van der Waals surface area contributed by atoms with Crippen molar-refractivity contribution in [1.82, 2.24) is 15.0 Å². The van der Waals surface area contributed by atoms with Gasteiger partial charge < -0.3 is 0 Å². The topological polar surface area (TPSA) is 110 Å². The number of aromatic nitrogens is 3. The van der Waals surface area contributed by atoms with Gasteiger partial charge in [-0.25, -0.2) is 15.0 Å². The van der Waals surface area contributed by atoms with Crippen LogP contribution in [0.3, 0.4) is 0 Å². The van der Waals surface area contributed by atoms with Gasteiger partial charge in [-0.05, 0) is 139 Å². The van der Waals surface area contributed by atoms with Crippen LogP contribution in [-0.4, -0.2) is 15.0 Å². The van der Waals surface area contributed by atoms with Gasteiger partial charge in [0, 0.05) is 22.3 Å². The highest BCUT2D eigenvalue weighted by molar-refractivity contribution is 6.08. The molecule has 0 aliphatic rings. The van der Waals surface area contributed by atoms with Crippen molar-refractivity contribution >= 4 is 21.5 Å². The Morgan fingerprint density at radius 2 is 0.742 bits per heavy atom. The predicted octanol–water partition coefficient (Wildman–Crippen LogP) is 13.5. The number of hydrogen-bond donors (Lipinski definition) is 0. The van der Waals surface area contributed by atoms with Crippen LogP contribution in [0.2, 0.25) is 0 Å². The summed E-state index contributed by atoms with van der Waals surface area (Å²) in [5.74, 6) is 1.45. The Kier molecular flexibility index (Phi) is 9.60. The molecular weight excluding hydrogens is 757 g/mol. The maximum atomic E-state index is 10.2. The Labute approximate surface area is 358 Å². The summed E-state index contributed by atoms with van der Waals surface area (Å²) < 4.78 is 0. The van der Waals surface area contributed by atoms with Crippen LogP contribution in [0.25, 0.3) is 100 Å². The van der Waals surface area contributed by atoms with Crippen molar-refractivity contribution < 1.29 is 0 Å². The lowest BCUT2D eigenvalue weighted by molar-refractivity contribution is 1.07. The van der Waals surface area contributed by atoms with Crippen molar-refractivity contribution in [3.8, 4) is 96.9 Å². The van der Waals surface area contributed by atoms with E-state index in [1.165, 1.54) is 21.5 Å². The largest absolute Gasteiger partial charge is 0.208 e. The molecule has 0 unspecified atom stereocenters. The molecule has 0 amide bonds. The quantitative estimate of drug-likeness (QED) is 0.149. The van der Waals surface area contributed by atoms with Gasteiger partial charge in [0.1, 0.15) is 0 Å². The Morgan fingerprint density at radius 1 is 0.290 bits per heavy atom. The summed E-state index contributed by atoms with van der Waals surface area (Å²) in [6.07, 6.45) is 0. The Hall–Kier alpha value is -9.02. The van der Waals surface area contributed by atoms with Crippen molar-refractivity contribution in [2.45, 2.75) is 0 Å². The number of nitriles is 3. The summed E-state index contributed by atoms with van der Waals surface area (Å²) in [5, 5.41) is 33.8. The number of nitrogens with zero attached hydrogens (tertiary/aromatic N) is 6. The molecule has 6 nitrogen and oxygen atoms in total. The monoisotopic (exact) mass is 788 g/mol. The lowest BCUT2D eigenvalue weighted by atomic mass is 9.92. The molecule has 1 aromatic heterocycles. The van der Waals surface area contributed by atoms with Gasteiger partial charge in [0.2, 0.25) is 0 Å². The van der Waals surface area contributed by atoms with Gasteiger partial charge in [0.15, 0.2) is 17.5 Å². The first-order valence-electron chi connectivity index (χ1n) is 20.1. The van der Waals surface area contributed by atoms with Crippen molar-refractivity contribution in [2.24, 2.45) is 0 Å². The molecule has 0 fully saturated rings. The Balaban J connectivity index is 0.956. The summed E-state index contributed by atoms with van der Waals surface area (Å²) in [4.78, 5) is 14.6. The molecule has 286 valence electrons. The molecule has 0 aliphatic carbocycles. The highest BCUT2D eigenvalue weighted by Crippen LogP contribution is 2.36. The second-order valence-electron chi connectivity index (χ2n) is 15.0. The van der Waals surface area contributed by atoms with Crippen LogP contribution in [0.15, 0.2) is 194 Å². The molecule has 62 heavy (non-hydrogen) atoms. The van der Waals surface area contributed by atoms with Crippen LogP contribution in [0, 0.1) is 34.0 Å². The summed E-state index contributed by atoms with van der Waals surface area (Å²) in [6, 6.07) is 71.5. The van der Waals surface area contributed by atoms with E-state index in [2.05, 4.69) is 140 Å². The third kappa shape index (κ3) is 7.20. The Bertz CT molecular complexity index is 3400. The van der Waals surface area contributed by atoms with Crippen LogP contribution in [0.1, 0.15) is 16.7 Å². The molecule has 0 bridgehead atoms. The van der Waals surface area contributed by atoms with E-state index in [0.29, 0.717) is 34.2 Å². The zero-order valence-corrected chi connectivity index (χ0v) is 33.2. The first-order chi connectivity index (χ1) is 30.5. The van der Waals surface area contributed by atoms with Crippen LogP contribution in [0.5, 0.6) is 0 Å². The van der Waals surface area contributed by atoms with E-state index in [9.17, 15) is 15.8 Å². The number of fused-ring (bicyclic) bond motifs is 3.